The van der Waals surface area contributed by atoms with E-state index < -0.39 is 0 Å². The van der Waals surface area contributed by atoms with Crippen LogP contribution in [0.25, 0.3) is 0 Å². The van der Waals surface area contributed by atoms with Crippen LogP contribution >= 0.6 is 0 Å². The van der Waals surface area contributed by atoms with Crippen LogP contribution in [-0.2, 0) is 4.74 Å². The van der Waals surface area contributed by atoms with Gasteiger partial charge in [-0.25, -0.2) is 5.01 Å². The molecule has 2 heterocycles. The van der Waals surface area contributed by atoms with Gasteiger partial charge < -0.3 is 14.8 Å². The molecule has 0 amide bonds. The van der Waals surface area contributed by atoms with Crippen molar-refractivity contribution in [2.75, 3.05) is 50.2 Å². The SMILES string of the molecule is CCCNc1nc(NN2CCOCC2)nc(OCCC)n1. The lowest BCUT2D eigenvalue weighted by molar-refractivity contribution is 0.0492. The van der Waals surface area contributed by atoms with Gasteiger partial charge in [0.25, 0.3) is 0 Å². The summed E-state index contributed by atoms with van der Waals surface area (Å²) in [5.74, 6) is 1.03. The van der Waals surface area contributed by atoms with E-state index in [1.807, 2.05) is 11.9 Å². The summed E-state index contributed by atoms with van der Waals surface area (Å²) in [7, 11) is 0. The Morgan fingerprint density at radius 2 is 1.86 bits per heavy atom. The standard InChI is InChI=1S/C13H24N6O2/c1-3-5-14-11-15-12(17-13(16-11)21-8-4-2)18-19-6-9-20-10-7-19/h3-10H2,1-2H3,(H2,14,15,16,17,18). The van der Waals surface area contributed by atoms with Gasteiger partial charge in [-0.2, -0.15) is 15.0 Å². The molecule has 0 spiro atoms. The van der Waals surface area contributed by atoms with Crippen LogP contribution < -0.4 is 15.5 Å². The second-order valence-corrected chi connectivity index (χ2v) is 4.75. The number of hydrazine groups is 1. The van der Waals surface area contributed by atoms with E-state index in [2.05, 4.69) is 32.6 Å². The first-order valence-corrected chi connectivity index (χ1v) is 7.54. The van der Waals surface area contributed by atoms with Gasteiger partial charge in [-0.1, -0.05) is 13.8 Å². The van der Waals surface area contributed by atoms with Crippen molar-refractivity contribution in [3.05, 3.63) is 0 Å². The minimum atomic E-state index is 0.348. The third-order valence-corrected chi connectivity index (χ3v) is 2.85. The summed E-state index contributed by atoms with van der Waals surface area (Å²) in [5, 5.41) is 5.20. The minimum absolute atomic E-state index is 0.348. The molecule has 1 saturated heterocycles. The lowest BCUT2D eigenvalue weighted by atomic mass is 10.5. The van der Waals surface area contributed by atoms with E-state index in [9.17, 15) is 0 Å². The molecule has 1 aromatic rings. The van der Waals surface area contributed by atoms with E-state index in [0.717, 1.165) is 32.5 Å². The van der Waals surface area contributed by atoms with Crippen LogP contribution in [0.15, 0.2) is 0 Å². The summed E-state index contributed by atoms with van der Waals surface area (Å²) in [6, 6.07) is 0.348. The van der Waals surface area contributed by atoms with Crippen LogP contribution in [-0.4, -0.2) is 59.4 Å². The average molecular weight is 296 g/mol. The maximum Gasteiger partial charge on any atom is 0.323 e. The van der Waals surface area contributed by atoms with E-state index in [-0.39, 0.29) is 0 Å². The van der Waals surface area contributed by atoms with Crippen molar-refractivity contribution in [3.8, 4) is 6.01 Å². The molecule has 0 aliphatic carbocycles. The van der Waals surface area contributed by atoms with Crippen molar-refractivity contribution >= 4 is 11.9 Å². The van der Waals surface area contributed by atoms with Crippen LogP contribution in [0.5, 0.6) is 6.01 Å². The van der Waals surface area contributed by atoms with Gasteiger partial charge in [0.05, 0.1) is 19.8 Å². The molecule has 0 aromatic carbocycles. The number of anilines is 2. The molecule has 8 nitrogen and oxygen atoms in total. The first-order chi connectivity index (χ1) is 10.3. The third kappa shape index (κ3) is 5.31. The fourth-order valence-electron chi connectivity index (χ4n) is 1.80. The van der Waals surface area contributed by atoms with Gasteiger partial charge in [0, 0.05) is 19.6 Å². The van der Waals surface area contributed by atoms with Gasteiger partial charge in [-0.3, -0.25) is 5.43 Å². The maximum atomic E-state index is 5.52. The summed E-state index contributed by atoms with van der Waals surface area (Å²) in [4.78, 5) is 12.9. The largest absolute Gasteiger partial charge is 0.463 e. The highest BCUT2D eigenvalue weighted by atomic mass is 16.5. The second-order valence-electron chi connectivity index (χ2n) is 4.75. The number of nitrogens with one attached hydrogen (secondary N) is 2. The van der Waals surface area contributed by atoms with Crippen LogP contribution in [0.4, 0.5) is 11.9 Å². The highest BCUT2D eigenvalue weighted by Crippen LogP contribution is 2.12. The lowest BCUT2D eigenvalue weighted by Gasteiger charge is -2.26. The van der Waals surface area contributed by atoms with Crippen molar-refractivity contribution in [2.24, 2.45) is 0 Å². The number of nitrogens with zero attached hydrogens (tertiary/aromatic N) is 4. The van der Waals surface area contributed by atoms with Gasteiger partial charge >= 0.3 is 6.01 Å². The van der Waals surface area contributed by atoms with E-state index >= 15 is 0 Å². The summed E-state index contributed by atoms with van der Waals surface area (Å²) in [6.45, 7) is 8.56. The summed E-state index contributed by atoms with van der Waals surface area (Å²) in [5.41, 5.74) is 3.19. The van der Waals surface area contributed by atoms with E-state index in [1.54, 1.807) is 0 Å². The molecule has 0 radical (unpaired) electrons. The average Bonchev–Trinajstić information content (AvgIpc) is 2.52. The Morgan fingerprint density at radius 3 is 2.57 bits per heavy atom. The van der Waals surface area contributed by atoms with Crippen LogP contribution in [0.2, 0.25) is 0 Å². The minimum Gasteiger partial charge on any atom is -0.463 e. The Hall–Kier alpha value is -1.67. The maximum absolute atomic E-state index is 5.52. The molecule has 21 heavy (non-hydrogen) atoms. The summed E-state index contributed by atoms with van der Waals surface area (Å²) < 4.78 is 10.8. The molecule has 0 bridgehead atoms. The van der Waals surface area contributed by atoms with Gasteiger partial charge in [-0.05, 0) is 12.8 Å². The van der Waals surface area contributed by atoms with Crippen molar-refractivity contribution < 1.29 is 9.47 Å². The van der Waals surface area contributed by atoms with Gasteiger partial charge in [0.15, 0.2) is 0 Å². The highest BCUT2D eigenvalue weighted by molar-refractivity contribution is 5.35. The molecule has 0 saturated carbocycles. The quantitative estimate of drug-likeness (QED) is 0.739. The first-order valence-electron chi connectivity index (χ1n) is 7.54. The molecule has 118 valence electrons. The smallest absolute Gasteiger partial charge is 0.323 e. The Labute approximate surface area is 125 Å². The third-order valence-electron chi connectivity index (χ3n) is 2.85. The van der Waals surface area contributed by atoms with Gasteiger partial charge in [0.2, 0.25) is 11.9 Å². The molecule has 0 atom stereocenters. The molecule has 0 unspecified atom stereocenters. The zero-order valence-electron chi connectivity index (χ0n) is 12.8. The number of aromatic nitrogens is 3. The van der Waals surface area contributed by atoms with Crippen molar-refractivity contribution in [2.45, 2.75) is 26.7 Å². The monoisotopic (exact) mass is 296 g/mol. The second kappa shape index (κ2) is 8.58. The predicted octanol–water partition coefficient (Wildman–Crippen LogP) is 1.14. The van der Waals surface area contributed by atoms with E-state index in [4.69, 9.17) is 9.47 Å². The molecule has 1 aliphatic heterocycles. The Morgan fingerprint density at radius 1 is 1.10 bits per heavy atom. The van der Waals surface area contributed by atoms with E-state index in [0.29, 0.717) is 37.7 Å². The van der Waals surface area contributed by atoms with Gasteiger partial charge in [-0.15, -0.1) is 0 Å². The van der Waals surface area contributed by atoms with Crippen molar-refractivity contribution in [3.63, 3.8) is 0 Å². The fourth-order valence-corrected chi connectivity index (χ4v) is 1.80. The number of rotatable bonds is 8. The van der Waals surface area contributed by atoms with Crippen LogP contribution in [0.3, 0.4) is 0 Å². The summed E-state index contributed by atoms with van der Waals surface area (Å²) in [6.07, 6.45) is 1.92. The van der Waals surface area contributed by atoms with Gasteiger partial charge in [0.1, 0.15) is 0 Å². The number of morpholine rings is 1. The molecule has 1 fully saturated rings. The molecule has 2 N–H and O–H groups in total. The number of hydrogen-bond donors (Lipinski definition) is 2. The lowest BCUT2D eigenvalue weighted by Crippen LogP contribution is -2.40. The van der Waals surface area contributed by atoms with Crippen LogP contribution in [0, 0.1) is 0 Å². The number of hydrogen-bond acceptors (Lipinski definition) is 8. The van der Waals surface area contributed by atoms with Crippen molar-refractivity contribution in [1.82, 2.24) is 20.0 Å². The molecular formula is C13H24N6O2. The van der Waals surface area contributed by atoms with E-state index in [1.165, 1.54) is 0 Å². The Kier molecular flexibility index (Phi) is 6.42. The normalized spacial score (nSPS) is 15.7. The topological polar surface area (TPSA) is 84.4 Å². The molecular weight excluding hydrogens is 272 g/mol. The molecule has 8 heteroatoms. The fraction of sp³-hybridized carbons (Fsp3) is 0.769. The molecule has 2 rings (SSSR count). The Balaban J connectivity index is 2.05. The van der Waals surface area contributed by atoms with Crippen molar-refractivity contribution in [1.29, 1.82) is 0 Å². The zero-order chi connectivity index (χ0) is 14.9. The molecule has 1 aliphatic rings. The highest BCUT2D eigenvalue weighted by Gasteiger charge is 2.13. The first kappa shape index (κ1) is 15.7. The zero-order valence-corrected chi connectivity index (χ0v) is 12.8. The Bertz CT molecular complexity index is 399. The predicted molar refractivity (Wildman–Crippen MR) is 80.4 cm³/mol. The molecule has 1 aromatic heterocycles. The number of ether oxygens (including phenoxy) is 2. The van der Waals surface area contributed by atoms with Crippen LogP contribution in [0.1, 0.15) is 26.7 Å². The summed E-state index contributed by atoms with van der Waals surface area (Å²) >= 11 is 0.